The Morgan fingerprint density at radius 2 is 1.87 bits per heavy atom. The van der Waals surface area contributed by atoms with E-state index in [1.54, 1.807) is 0 Å². The standard InChI is InChI=1S/C24H35NO4Si/c1-23(2,3)30(5,6)29-21-13-15-7-8-17-16(18(15)14-20(21)25(27)28)11-12-24(4)19(17)9-10-22(24)26/h13-14,16-17,19H,7-12H2,1-6H3/t16-,17+,19-,24-/m0/s1. The fourth-order valence-corrected chi connectivity index (χ4v) is 7.03. The van der Waals surface area contributed by atoms with E-state index in [1.165, 1.54) is 5.56 Å². The second-order valence-electron chi connectivity index (χ2n) is 11.5. The van der Waals surface area contributed by atoms with Gasteiger partial charge in [-0.2, -0.15) is 0 Å². The predicted molar refractivity (Wildman–Crippen MR) is 121 cm³/mol. The number of ketones is 1. The fraction of sp³-hybridized carbons (Fsp3) is 0.708. The van der Waals surface area contributed by atoms with Gasteiger partial charge in [0, 0.05) is 17.9 Å². The zero-order chi connectivity index (χ0) is 22.1. The van der Waals surface area contributed by atoms with Crippen LogP contribution in [0.4, 0.5) is 5.69 Å². The van der Waals surface area contributed by atoms with Crippen molar-refractivity contribution in [3.05, 3.63) is 33.4 Å². The number of aryl methyl sites for hydroxylation is 1. The highest BCUT2D eigenvalue weighted by molar-refractivity contribution is 6.74. The largest absolute Gasteiger partial charge is 0.539 e. The summed E-state index contributed by atoms with van der Waals surface area (Å²) < 4.78 is 6.41. The van der Waals surface area contributed by atoms with E-state index in [9.17, 15) is 14.9 Å². The van der Waals surface area contributed by atoms with Crippen LogP contribution in [0.25, 0.3) is 0 Å². The Morgan fingerprint density at radius 1 is 1.17 bits per heavy atom. The van der Waals surface area contributed by atoms with Gasteiger partial charge in [-0.15, -0.1) is 0 Å². The summed E-state index contributed by atoms with van der Waals surface area (Å²) in [5, 5.41) is 12.0. The van der Waals surface area contributed by atoms with Crippen molar-refractivity contribution in [2.45, 2.75) is 90.3 Å². The molecule has 3 aliphatic carbocycles. The number of nitro groups is 1. The molecule has 2 saturated carbocycles. The topological polar surface area (TPSA) is 69.4 Å². The van der Waals surface area contributed by atoms with Crippen molar-refractivity contribution in [1.82, 2.24) is 0 Å². The van der Waals surface area contributed by atoms with Crippen LogP contribution < -0.4 is 4.43 Å². The van der Waals surface area contributed by atoms with Crippen molar-refractivity contribution in [2.75, 3.05) is 0 Å². The van der Waals surface area contributed by atoms with Gasteiger partial charge in [-0.25, -0.2) is 0 Å². The van der Waals surface area contributed by atoms with E-state index in [0.717, 1.165) is 37.7 Å². The summed E-state index contributed by atoms with van der Waals surface area (Å²) in [6.45, 7) is 12.9. The summed E-state index contributed by atoms with van der Waals surface area (Å²) in [5.74, 6) is 2.10. The molecule has 0 saturated heterocycles. The minimum Gasteiger partial charge on any atom is -0.539 e. The maximum Gasteiger partial charge on any atom is 0.309 e. The second-order valence-corrected chi connectivity index (χ2v) is 16.2. The summed E-state index contributed by atoms with van der Waals surface area (Å²) >= 11 is 0. The Morgan fingerprint density at radius 3 is 2.50 bits per heavy atom. The first-order valence-electron chi connectivity index (χ1n) is 11.4. The summed E-state index contributed by atoms with van der Waals surface area (Å²) in [6, 6.07) is 3.78. The number of fused-ring (bicyclic) bond motifs is 5. The minimum atomic E-state index is -2.18. The molecule has 30 heavy (non-hydrogen) atoms. The van der Waals surface area contributed by atoms with Gasteiger partial charge in [0.05, 0.1) is 4.92 Å². The van der Waals surface area contributed by atoms with Crippen molar-refractivity contribution in [1.29, 1.82) is 0 Å². The molecule has 0 aliphatic heterocycles. The van der Waals surface area contributed by atoms with Gasteiger partial charge in [0.15, 0.2) is 5.75 Å². The average Bonchev–Trinajstić information content (AvgIpc) is 2.94. The van der Waals surface area contributed by atoms with E-state index in [2.05, 4.69) is 40.8 Å². The summed E-state index contributed by atoms with van der Waals surface area (Å²) in [5.41, 5.74) is 2.29. The molecular formula is C24H35NO4Si. The van der Waals surface area contributed by atoms with Gasteiger partial charge >= 0.3 is 5.69 Å². The molecular weight excluding hydrogens is 394 g/mol. The highest BCUT2D eigenvalue weighted by Crippen LogP contribution is 2.60. The van der Waals surface area contributed by atoms with Crippen LogP contribution in [0.3, 0.4) is 0 Å². The van der Waals surface area contributed by atoms with Crippen LogP contribution in [0.15, 0.2) is 12.1 Å². The van der Waals surface area contributed by atoms with Gasteiger partial charge in [0.25, 0.3) is 8.32 Å². The van der Waals surface area contributed by atoms with Gasteiger partial charge in [-0.3, -0.25) is 14.9 Å². The Hall–Kier alpha value is -1.69. The zero-order valence-electron chi connectivity index (χ0n) is 19.2. The van der Waals surface area contributed by atoms with Crippen LogP contribution in [-0.4, -0.2) is 19.0 Å². The highest BCUT2D eigenvalue weighted by Gasteiger charge is 2.54. The first kappa shape index (κ1) is 21.5. The lowest BCUT2D eigenvalue weighted by Crippen LogP contribution is -2.44. The zero-order valence-corrected chi connectivity index (χ0v) is 20.2. The third kappa shape index (κ3) is 3.22. The molecule has 1 aromatic carbocycles. The predicted octanol–water partition coefficient (Wildman–Crippen LogP) is 6.40. The molecule has 0 amide bonds. The number of benzene rings is 1. The summed E-state index contributed by atoms with van der Waals surface area (Å²) in [4.78, 5) is 24.2. The quantitative estimate of drug-likeness (QED) is 0.316. The molecule has 0 radical (unpaired) electrons. The minimum absolute atomic E-state index is 0.0231. The molecule has 0 spiro atoms. The molecule has 2 fully saturated rings. The molecule has 0 bridgehead atoms. The van der Waals surface area contributed by atoms with Crippen molar-refractivity contribution >= 4 is 19.8 Å². The number of hydrogen-bond acceptors (Lipinski definition) is 4. The number of carbonyl (C=O) groups is 1. The first-order chi connectivity index (χ1) is 13.8. The molecule has 4 rings (SSSR count). The Labute approximate surface area is 180 Å². The SMILES string of the molecule is CC(C)(C)[Si](C)(C)Oc1cc2c(cc1[N+](=O)[O-])[C@H]1CC[C@]3(C)C(=O)CC[C@H]3[C@@H]1CC2. The van der Waals surface area contributed by atoms with Gasteiger partial charge in [0.2, 0.25) is 0 Å². The molecule has 0 N–H and O–H groups in total. The smallest absolute Gasteiger partial charge is 0.309 e. The van der Waals surface area contributed by atoms with Crippen LogP contribution >= 0.6 is 0 Å². The lowest BCUT2D eigenvalue weighted by atomic mass is 9.55. The monoisotopic (exact) mass is 429 g/mol. The third-order valence-electron chi connectivity index (χ3n) is 8.88. The van der Waals surface area contributed by atoms with E-state index in [4.69, 9.17) is 4.43 Å². The molecule has 4 atom stereocenters. The normalized spacial score (nSPS) is 31.0. The average molecular weight is 430 g/mol. The Kier molecular flexibility index (Phi) is 4.96. The number of nitrogens with zero attached hydrogens (tertiary/aromatic N) is 1. The lowest BCUT2D eigenvalue weighted by molar-refractivity contribution is -0.385. The number of rotatable bonds is 3. The Bertz CT molecular complexity index is 903. The molecule has 164 valence electrons. The van der Waals surface area contributed by atoms with E-state index >= 15 is 0 Å². The number of carbonyl (C=O) groups excluding carboxylic acids is 1. The number of nitro benzene ring substituents is 1. The molecule has 0 aromatic heterocycles. The molecule has 0 unspecified atom stereocenters. The van der Waals surface area contributed by atoms with E-state index < -0.39 is 8.32 Å². The van der Waals surface area contributed by atoms with Crippen LogP contribution in [0.1, 0.15) is 76.8 Å². The molecule has 5 nitrogen and oxygen atoms in total. The number of hydrogen-bond donors (Lipinski definition) is 0. The molecule has 6 heteroatoms. The lowest BCUT2D eigenvalue weighted by Gasteiger charge is -2.48. The second kappa shape index (κ2) is 6.91. The van der Waals surface area contributed by atoms with E-state index in [1.807, 2.05) is 12.1 Å². The van der Waals surface area contributed by atoms with Gasteiger partial charge in [-0.1, -0.05) is 27.7 Å². The maximum atomic E-state index is 12.6. The summed E-state index contributed by atoms with van der Waals surface area (Å²) in [6.07, 6.45) is 5.55. The third-order valence-corrected chi connectivity index (χ3v) is 13.2. The highest BCUT2D eigenvalue weighted by atomic mass is 28.4. The molecule has 0 heterocycles. The fourth-order valence-electron chi connectivity index (χ4n) is 6.01. The van der Waals surface area contributed by atoms with Crippen molar-refractivity contribution in [2.24, 2.45) is 17.3 Å². The van der Waals surface area contributed by atoms with Gasteiger partial charge in [-0.05, 0) is 85.2 Å². The van der Waals surface area contributed by atoms with Crippen LogP contribution in [-0.2, 0) is 11.2 Å². The van der Waals surface area contributed by atoms with Crippen molar-refractivity contribution in [3.63, 3.8) is 0 Å². The Balaban J connectivity index is 1.72. The van der Waals surface area contributed by atoms with Crippen LogP contribution in [0.5, 0.6) is 5.75 Å². The van der Waals surface area contributed by atoms with E-state index in [-0.39, 0.29) is 21.1 Å². The number of Topliss-reactive ketones (excluding diaryl/α,β-unsaturated/α-hetero) is 1. The molecule has 3 aliphatic rings. The first-order valence-corrected chi connectivity index (χ1v) is 14.3. The van der Waals surface area contributed by atoms with Crippen LogP contribution in [0, 0.1) is 27.4 Å². The van der Waals surface area contributed by atoms with Gasteiger partial charge < -0.3 is 4.43 Å². The van der Waals surface area contributed by atoms with E-state index in [0.29, 0.717) is 35.7 Å². The van der Waals surface area contributed by atoms with Crippen molar-refractivity contribution in [3.8, 4) is 5.75 Å². The van der Waals surface area contributed by atoms with Gasteiger partial charge in [0.1, 0.15) is 5.78 Å². The van der Waals surface area contributed by atoms with Crippen molar-refractivity contribution < 1.29 is 14.1 Å². The summed E-state index contributed by atoms with van der Waals surface area (Å²) in [7, 11) is -2.18. The molecule has 1 aromatic rings. The van der Waals surface area contributed by atoms with Crippen LogP contribution in [0.2, 0.25) is 18.1 Å². The maximum absolute atomic E-state index is 12.6.